The lowest BCUT2D eigenvalue weighted by Gasteiger charge is -2.39. The highest BCUT2D eigenvalue weighted by molar-refractivity contribution is 5.87. The van der Waals surface area contributed by atoms with Crippen molar-refractivity contribution >= 4 is 41.5 Å². The molecule has 1 aromatic carbocycles. The number of nitrogens with one attached hydrogen (secondary N) is 7. The summed E-state index contributed by atoms with van der Waals surface area (Å²) in [7, 11) is 0. The largest absolute Gasteiger partial charge is 0.445 e. The SMILES string of the molecule is O=C(CCCCCNC(=O)[C@H](CCC(=O)NCCCC[C@@H](C(=O)NCCO[C@H]1O[C@H](CO)[C@@H](O)[C@H](O)[C@@H]1O)N(CC(=O)NCCO[C@H]1O[C@H](CO)[C@@H](O)[C@H](O)[C@@H]1O)CC(=O)NCCO[C@H]1O[C@H](CO)[C@@H](O)[C@H](O)[C@@H]1O)NC(=O)OCc1ccccc1)NCCO[C@H]1O[C@H](CO)[C@@H](O)[C@H](O)[C@@H]1O. The van der Waals surface area contributed by atoms with E-state index in [2.05, 4.69) is 37.2 Å². The van der Waals surface area contributed by atoms with Crippen LogP contribution in [0.15, 0.2) is 30.3 Å². The van der Waals surface area contributed by atoms with E-state index in [1.54, 1.807) is 30.3 Å². The first-order valence-corrected chi connectivity index (χ1v) is 33.4. The monoisotopic (exact) mass is 1460 g/mol. The first kappa shape index (κ1) is 86.0. The molecule has 101 heavy (non-hydrogen) atoms. The van der Waals surface area contributed by atoms with Crippen LogP contribution in [-0.2, 0) is 78.0 Å². The quantitative estimate of drug-likeness (QED) is 0.0270. The maximum Gasteiger partial charge on any atom is 0.408 e. The summed E-state index contributed by atoms with van der Waals surface area (Å²) in [5.74, 6) is -3.95. The van der Waals surface area contributed by atoms with E-state index < -0.39 is 217 Å². The number of aliphatic hydroxyl groups excluding tert-OH is 16. The molecule has 4 aliphatic rings. The zero-order chi connectivity index (χ0) is 74.1. The third-order valence-electron chi connectivity index (χ3n) is 16.7. The summed E-state index contributed by atoms with van der Waals surface area (Å²) < 4.78 is 48.5. The number of amides is 7. The Labute approximate surface area is 580 Å². The lowest BCUT2D eigenvalue weighted by atomic mass is 9.99. The number of alkyl carbamates (subject to hydrolysis) is 1. The predicted octanol–water partition coefficient (Wildman–Crippen LogP) is -11.6. The molecule has 7 amide bonds. The van der Waals surface area contributed by atoms with Crippen LogP contribution in [0.25, 0.3) is 0 Å². The molecule has 40 heteroatoms. The Morgan fingerprint density at radius 2 is 0.762 bits per heavy atom. The van der Waals surface area contributed by atoms with Crippen molar-refractivity contribution in [1.82, 2.24) is 42.1 Å². The van der Waals surface area contributed by atoms with Gasteiger partial charge >= 0.3 is 6.09 Å². The average Bonchev–Trinajstić information content (AvgIpc) is 0.864. The van der Waals surface area contributed by atoms with Crippen LogP contribution < -0.4 is 37.2 Å². The molecule has 4 fully saturated rings. The molecule has 4 aliphatic heterocycles. The Kier molecular flexibility index (Phi) is 38.7. The Balaban J connectivity index is 1.19. The van der Waals surface area contributed by atoms with E-state index in [4.69, 9.17) is 42.6 Å². The third kappa shape index (κ3) is 28.0. The molecular formula is C61H102N8O32. The first-order valence-electron chi connectivity index (χ1n) is 33.4. The molecule has 4 heterocycles. The molecule has 0 bridgehead atoms. The maximum atomic E-state index is 14.3. The van der Waals surface area contributed by atoms with Gasteiger partial charge in [-0.15, -0.1) is 0 Å². The summed E-state index contributed by atoms with van der Waals surface area (Å²) in [4.78, 5) is 95.5. The Hall–Kier alpha value is -5.69. The molecule has 0 saturated carbocycles. The Bertz CT molecular complexity index is 2550. The van der Waals surface area contributed by atoms with E-state index >= 15 is 0 Å². The molecule has 1 aromatic rings. The van der Waals surface area contributed by atoms with E-state index in [9.17, 15) is 115 Å². The fraction of sp³-hybridized carbons (Fsp3) is 0.787. The second-order valence-electron chi connectivity index (χ2n) is 24.3. The van der Waals surface area contributed by atoms with Crippen molar-refractivity contribution < 1.29 is 158 Å². The van der Waals surface area contributed by atoms with Gasteiger partial charge in [0, 0.05) is 52.1 Å². The summed E-state index contributed by atoms with van der Waals surface area (Å²) in [5, 5.41) is 179. The average molecular weight is 1460 g/mol. The summed E-state index contributed by atoms with van der Waals surface area (Å²) in [5.41, 5.74) is 0.654. The molecule has 5 rings (SSSR count). The number of nitrogens with zero attached hydrogens (tertiary/aromatic N) is 1. The van der Waals surface area contributed by atoms with Crippen LogP contribution >= 0.6 is 0 Å². The molecule has 0 aliphatic carbocycles. The van der Waals surface area contributed by atoms with Gasteiger partial charge in [-0.1, -0.05) is 36.8 Å². The molecule has 4 saturated heterocycles. The van der Waals surface area contributed by atoms with Gasteiger partial charge in [-0.05, 0) is 44.1 Å². The van der Waals surface area contributed by atoms with Crippen LogP contribution in [-0.4, -0.2) is 368 Å². The highest BCUT2D eigenvalue weighted by Gasteiger charge is 2.48. The maximum absolute atomic E-state index is 14.3. The van der Waals surface area contributed by atoms with Gasteiger partial charge in [-0.2, -0.15) is 0 Å². The Morgan fingerprint density at radius 3 is 1.19 bits per heavy atom. The van der Waals surface area contributed by atoms with Gasteiger partial charge in [-0.3, -0.25) is 33.7 Å². The summed E-state index contributed by atoms with van der Waals surface area (Å²) in [6.45, 7) is -6.54. The van der Waals surface area contributed by atoms with Crippen molar-refractivity contribution in [2.24, 2.45) is 0 Å². The van der Waals surface area contributed by atoms with Crippen LogP contribution in [0.1, 0.15) is 63.4 Å². The number of carbonyl (C=O) groups excluding carboxylic acids is 7. The number of hydrogen-bond donors (Lipinski definition) is 23. The van der Waals surface area contributed by atoms with Crippen LogP contribution in [0, 0.1) is 0 Å². The molecular weight excluding hydrogens is 1360 g/mol. The van der Waals surface area contributed by atoms with Crippen molar-refractivity contribution in [2.45, 2.75) is 199 Å². The van der Waals surface area contributed by atoms with Gasteiger partial charge in [0.15, 0.2) is 25.2 Å². The van der Waals surface area contributed by atoms with Gasteiger partial charge < -0.3 is 162 Å². The second-order valence-corrected chi connectivity index (χ2v) is 24.3. The minimum absolute atomic E-state index is 0.00625. The minimum atomic E-state index is -1.79. The van der Waals surface area contributed by atoms with Crippen molar-refractivity contribution in [1.29, 1.82) is 0 Å². The summed E-state index contributed by atoms with van der Waals surface area (Å²) in [6.07, 6.45) is -31.5. The molecule has 22 atom stereocenters. The number of rotatable bonds is 44. The topological polar surface area (TPSA) is 614 Å². The lowest BCUT2D eigenvalue weighted by molar-refractivity contribution is -0.300. The number of hydrogen-bond acceptors (Lipinski definition) is 33. The van der Waals surface area contributed by atoms with Crippen molar-refractivity contribution in [3.8, 4) is 0 Å². The minimum Gasteiger partial charge on any atom is -0.445 e. The number of benzene rings is 1. The van der Waals surface area contributed by atoms with Crippen LogP contribution in [0.4, 0.5) is 4.79 Å². The summed E-state index contributed by atoms with van der Waals surface area (Å²) >= 11 is 0. The standard InChI is InChI=1S/C61H102N8O32/c70-27-35-43(78)47(82)51(86)57(98-35)93-21-17-63-39(74)12-5-2-7-16-66-55(90)33(68-61(92)97-31-32-9-3-1-4-10-32)13-14-40(75)62-15-8-6-11-34(56(91)67-20-24-96-60-54(89)50(85)46(81)38(30-73)101-60)69(25-41(76)64-18-22-94-58-52(87)48(83)44(79)36(28-71)99-58)26-42(77)65-19-23-95-59-53(88)49(84)45(80)37(29-72)100-59/h1,3-4,9-10,33-38,43-54,57-60,70-73,78-89H,2,5-8,11-31H2,(H,62,75)(H,63,74)(H,64,76)(H,65,77)(H,66,90)(H,67,91)(H,68,92)/t33-,34-,35+,36+,37+,38+,43+,44+,45+,46+,47-,48-,49-,50-,51-,52-,53-,54-,57-,58-,59-,60-/m0/s1. The fourth-order valence-corrected chi connectivity index (χ4v) is 10.9. The van der Waals surface area contributed by atoms with Gasteiger partial charge in [0.1, 0.15) is 110 Å². The van der Waals surface area contributed by atoms with E-state index in [1.165, 1.54) is 4.90 Å². The van der Waals surface area contributed by atoms with Crippen LogP contribution in [0.2, 0.25) is 0 Å². The van der Waals surface area contributed by atoms with Crippen molar-refractivity contribution in [2.75, 3.05) is 105 Å². The third-order valence-corrected chi connectivity index (χ3v) is 16.7. The highest BCUT2D eigenvalue weighted by atomic mass is 16.7. The van der Waals surface area contributed by atoms with Crippen LogP contribution in [0.3, 0.4) is 0 Å². The second kappa shape index (κ2) is 45.5. The van der Waals surface area contributed by atoms with Gasteiger partial charge in [0.2, 0.25) is 35.4 Å². The van der Waals surface area contributed by atoms with E-state index in [0.29, 0.717) is 24.8 Å². The molecule has 23 N–H and O–H groups in total. The van der Waals surface area contributed by atoms with Gasteiger partial charge in [-0.25, -0.2) is 4.79 Å². The first-order chi connectivity index (χ1) is 48.3. The van der Waals surface area contributed by atoms with E-state index in [0.717, 1.165) is 0 Å². The smallest absolute Gasteiger partial charge is 0.408 e. The molecule has 40 nitrogen and oxygen atoms in total. The molecule has 0 aromatic heterocycles. The van der Waals surface area contributed by atoms with Crippen molar-refractivity contribution in [3.05, 3.63) is 35.9 Å². The van der Waals surface area contributed by atoms with Crippen molar-refractivity contribution in [3.63, 3.8) is 0 Å². The molecule has 0 unspecified atom stereocenters. The van der Waals surface area contributed by atoms with Gasteiger partial charge in [0.05, 0.1) is 72.0 Å². The predicted molar refractivity (Wildman–Crippen MR) is 337 cm³/mol. The van der Waals surface area contributed by atoms with Gasteiger partial charge in [0.25, 0.3) is 0 Å². The number of aliphatic hydroxyl groups is 16. The molecule has 0 spiro atoms. The fourth-order valence-electron chi connectivity index (χ4n) is 10.9. The van der Waals surface area contributed by atoms with E-state index in [-0.39, 0.29) is 110 Å². The lowest BCUT2D eigenvalue weighted by Crippen LogP contribution is -2.59. The number of ether oxygens (including phenoxy) is 9. The normalized spacial score (nSPS) is 30.3. The zero-order valence-corrected chi connectivity index (χ0v) is 55.6. The number of carbonyl (C=O) groups is 7. The van der Waals surface area contributed by atoms with E-state index in [1.807, 2.05) is 0 Å². The summed E-state index contributed by atoms with van der Waals surface area (Å²) in [6, 6.07) is 6.03. The number of unbranched alkanes of at least 4 members (excludes halogenated alkanes) is 3. The Morgan fingerprint density at radius 1 is 0.396 bits per heavy atom. The highest BCUT2D eigenvalue weighted by Crippen LogP contribution is 2.26. The zero-order valence-electron chi connectivity index (χ0n) is 55.6. The molecule has 0 radical (unpaired) electrons. The molecule has 578 valence electrons. The van der Waals surface area contributed by atoms with Crippen LogP contribution in [0.5, 0.6) is 0 Å².